The third-order valence-electron chi connectivity index (χ3n) is 5.89. The van der Waals surface area contributed by atoms with Crippen molar-refractivity contribution in [2.45, 2.75) is 31.3 Å². The normalized spacial score (nSPS) is 25.5. The van der Waals surface area contributed by atoms with Gasteiger partial charge in [0.2, 0.25) is 5.91 Å². The lowest BCUT2D eigenvalue weighted by molar-refractivity contribution is -0.132. The molecule has 30 heavy (non-hydrogen) atoms. The van der Waals surface area contributed by atoms with E-state index in [1.54, 1.807) is 25.1 Å². The van der Waals surface area contributed by atoms with Crippen LogP contribution in [0, 0.1) is 0 Å². The van der Waals surface area contributed by atoms with Gasteiger partial charge in [-0.3, -0.25) is 19.4 Å². The quantitative estimate of drug-likeness (QED) is 0.639. The second kappa shape index (κ2) is 8.34. The van der Waals surface area contributed by atoms with Gasteiger partial charge in [0.1, 0.15) is 5.54 Å². The lowest BCUT2D eigenvalue weighted by atomic mass is 9.92. The van der Waals surface area contributed by atoms with Gasteiger partial charge in [0.05, 0.1) is 23.3 Å². The zero-order valence-electron chi connectivity index (χ0n) is 16.8. The highest BCUT2D eigenvalue weighted by Crippen LogP contribution is 2.33. The van der Waals surface area contributed by atoms with E-state index in [0.29, 0.717) is 54.4 Å². The van der Waals surface area contributed by atoms with Crippen LogP contribution in [0.1, 0.15) is 25.3 Å². The van der Waals surface area contributed by atoms with Crippen LogP contribution in [-0.2, 0) is 15.1 Å². The molecule has 1 atom stereocenters. The number of piperazine rings is 1. The van der Waals surface area contributed by atoms with Crippen molar-refractivity contribution in [3.05, 3.63) is 33.8 Å². The fourth-order valence-electron chi connectivity index (χ4n) is 3.82. The third kappa shape index (κ3) is 4.42. The van der Waals surface area contributed by atoms with Crippen molar-refractivity contribution in [3.8, 4) is 0 Å². The maximum atomic E-state index is 13.1. The molecular weight excluding hydrogens is 429 g/mol. The molecular formula is C20H25Cl2N5O3. The summed E-state index contributed by atoms with van der Waals surface area (Å²) >= 11 is 12.1. The highest BCUT2D eigenvalue weighted by molar-refractivity contribution is 6.42. The first-order valence-electron chi connectivity index (χ1n) is 10.1. The summed E-state index contributed by atoms with van der Waals surface area (Å²) in [6, 6.07) is 4.85. The number of halogens is 2. The van der Waals surface area contributed by atoms with Crippen LogP contribution in [0.25, 0.3) is 0 Å². The van der Waals surface area contributed by atoms with E-state index < -0.39 is 11.6 Å². The molecule has 162 valence electrons. The minimum atomic E-state index is -1.19. The molecule has 2 heterocycles. The van der Waals surface area contributed by atoms with E-state index in [-0.39, 0.29) is 18.5 Å². The van der Waals surface area contributed by atoms with Crippen molar-refractivity contribution < 1.29 is 14.4 Å². The van der Waals surface area contributed by atoms with Gasteiger partial charge in [-0.25, -0.2) is 9.69 Å². The Morgan fingerprint density at radius 2 is 1.80 bits per heavy atom. The molecule has 4 rings (SSSR count). The molecule has 1 saturated carbocycles. The summed E-state index contributed by atoms with van der Waals surface area (Å²) in [5, 5.41) is 6.51. The first-order chi connectivity index (χ1) is 14.3. The van der Waals surface area contributed by atoms with Gasteiger partial charge in [0.15, 0.2) is 0 Å². The molecule has 2 saturated heterocycles. The number of imide groups is 1. The second-order valence-electron chi connectivity index (χ2n) is 8.29. The molecule has 8 nitrogen and oxygen atoms in total. The monoisotopic (exact) mass is 453 g/mol. The van der Waals surface area contributed by atoms with Gasteiger partial charge in [-0.2, -0.15) is 0 Å². The Morgan fingerprint density at radius 3 is 2.43 bits per heavy atom. The van der Waals surface area contributed by atoms with Gasteiger partial charge in [0, 0.05) is 32.2 Å². The van der Waals surface area contributed by atoms with Gasteiger partial charge < -0.3 is 10.6 Å². The van der Waals surface area contributed by atoms with Crippen molar-refractivity contribution in [1.29, 1.82) is 0 Å². The Hall–Kier alpha value is -1.87. The first kappa shape index (κ1) is 21.4. The van der Waals surface area contributed by atoms with Crippen LogP contribution in [-0.4, -0.2) is 78.0 Å². The van der Waals surface area contributed by atoms with E-state index in [1.165, 1.54) is 4.90 Å². The van der Waals surface area contributed by atoms with E-state index in [2.05, 4.69) is 15.5 Å². The van der Waals surface area contributed by atoms with Crippen LogP contribution in [0.4, 0.5) is 4.79 Å². The Kier molecular flexibility index (Phi) is 5.94. The third-order valence-corrected chi connectivity index (χ3v) is 6.63. The molecule has 1 aromatic rings. The molecule has 4 amide bonds. The summed E-state index contributed by atoms with van der Waals surface area (Å²) in [5.41, 5.74) is -0.599. The topological polar surface area (TPSA) is 85.0 Å². The predicted molar refractivity (Wildman–Crippen MR) is 113 cm³/mol. The van der Waals surface area contributed by atoms with Crippen LogP contribution in [0.15, 0.2) is 18.2 Å². The molecule has 10 heteroatoms. The smallest absolute Gasteiger partial charge is 0.326 e. The van der Waals surface area contributed by atoms with Crippen molar-refractivity contribution >= 4 is 41.0 Å². The van der Waals surface area contributed by atoms with E-state index >= 15 is 0 Å². The number of urea groups is 1. The molecule has 1 unspecified atom stereocenters. The number of carbonyl (C=O) groups excluding carboxylic acids is 3. The molecule has 3 fully saturated rings. The maximum absolute atomic E-state index is 13.1. The number of nitrogens with zero attached hydrogens (tertiary/aromatic N) is 3. The first-order valence-corrected chi connectivity index (χ1v) is 10.9. The van der Waals surface area contributed by atoms with E-state index in [4.69, 9.17) is 23.2 Å². The SMILES string of the molecule is CC1(c2ccc(Cl)c(Cl)c2)NC(=O)N(CN2CCN(CC(=O)NC3CC3)CC2)C1=O. The number of nitrogens with one attached hydrogen (secondary N) is 2. The molecule has 2 N–H and O–H groups in total. The van der Waals surface area contributed by atoms with Gasteiger partial charge in [-0.15, -0.1) is 0 Å². The molecule has 0 spiro atoms. The van der Waals surface area contributed by atoms with Gasteiger partial charge in [-0.1, -0.05) is 29.3 Å². The molecule has 0 bridgehead atoms. The number of rotatable bonds is 6. The number of hydrogen-bond acceptors (Lipinski definition) is 5. The zero-order chi connectivity index (χ0) is 21.5. The average molecular weight is 454 g/mol. The minimum absolute atomic E-state index is 0.0671. The van der Waals surface area contributed by atoms with Crippen molar-refractivity contribution in [2.24, 2.45) is 0 Å². The summed E-state index contributed by atoms with van der Waals surface area (Å²) in [7, 11) is 0. The largest absolute Gasteiger partial charge is 0.352 e. The molecule has 1 aliphatic carbocycles. The van der Waals surface area contributed by atoms with Crippen LogP contribution in [0.2, 0.25) is 10.0 Å². The van der Waals surface area contributed by atoms with Gasteiger partial charge >= 0.3 is 6.03 Å². The fourth-order valence-corrected chi connectivity index (χ4v) is 4.12. The van der Waals surface area contributed by atoms with Crippen LogP contribution in [0.3, 0.4) is 0 Å². The maximum Gasteiger partial charge on any atom is 0.326 e. The Bertz CT molecular complexity index is 870. The zero-order valence-corrected chi connectivity index (χ0v) is 18.3. The van der Waals surface area contributed by atoms with Gasteiger partial charge in [-0.05, 0) is 37.5 Å². The number of hydrogen-bond donors (Lipinski definition) is 2. The standard InChI is InChI=1S/C20H25Cl2N5O3/c1-20(13-2-5-15(21)16(22)10-13)18(29)27(19(30)24-20)12-26-8-6-25(7-9-26)11-17(28)23-14-3-4-14/h2,5,10,14H,3-4,6-9,11-12H2,1H3,(H,23,28)(H,24,30). The fraction of sp³-hybridized carbons (Fsp3) is 0.550. The summed E-state index contributed by atoms with van der Waals surface area (Å²) in [5.74, 6) is -0.255. The molecule has 0 aromatic heterocycles. The number of amides is 4. The minimum Gasteiger partial charge on any atom is -0.352 e. The average Bonchev–Trinajstić information content (AvgIpc) is 3.48. The van der Waals surface area contributed by atoms with E-state index in [1.807, 2.05) is 4.90 Å². The van der Waals surface area contributed by atoms with Crippen LogP contribution >= 0.6 is 23.2 Å². The van der Waals surface area contributed by atoms with E-state index in [9.17, 15) is 14.4 Å². The van der Waals surface area contributed by atoms with Crippen molar-refractivity contribution in [2.75, 3.05) is 39.4 Å². The van der Waals surface area contributed by atoms with Crippen LogP contribution < -0.4 is 10.6 Å². The van der Waals surface area contributed by atoms with Gasteiger partial charge in [0.25, 0.3) is 5.91 Å². The van der Waals surface area contributed by atoms with Crippen molar-refractivity contribution in [3.63, 3.8) is 0 Å². The molecule has 0 radical (unpaired) electrons. The summed E-state index contributed by atoms with van der Waals surface area (Å²) in [4.78, 5) is 43.0. The molecule has 3 aliphatic rings. The highest BCUT2D eigenvalue weighted by Gasteiger charge is 2.49. The lowest BCUT2D eigenvalue weighted by Gasteiger charge is -2.35. The van der Waals surface area contributed by atoms with E-state index in [0.717, 1.165) is 12.8 Å². The van der Waals surface area contributed by atoms with Crippen LogP contribution in [0.5, 0.6) is 0 Å². The summed E-state index contributed by atoms with van der Waals surface area (Å²) in [6.07, 6.45) is 2.15. The Labute approximate surface area is 185 Å². The second-order valence-corrected chi connectivity index (χ2v) is 9.11. The summed E-state index contributed by atoms with van der Waals surface area (Å²) < 4.78 is 0. The predicted octanol–water partition coefficient (Wildman–Crippen LogP) is 1.61. The number of carbonyl (C=O) groups is 3. The molecule has 1 aromatic carbocycles. The van der Waals surface area contributed by atoms with Crippen molar-refractivity contribution in [1.82, 2.24) is 25.3 Å². The Morgan fingerprint density at radius 1 is 1.13 bits per heavy atom. The highest BCUT2D eigenvalue weighted by atomic mass is 35.5. The molecule has 2 aliphatic heterocycles. The number of benzene rings is 1. The Balaban J connectivity index is 1.33. The lowest BCUT2D eigenvalue weighted by Crippen LogP contribution is -2.53. The summed E-state index contributed by atoms with van der Waals surface area (Å²) in [6.45, 7) is 5.06.